The average Bonchev–Trinajstić information content (AvgIpc) is 3.05. The Labute approximate surface area is 195 Å². The van der Waals surface area contributed by atoms with Gasteiger partial charge in [-0.2, -0.15) is 0 Å². The van der Waals surface area contributed by atoms with Crippen molar-refractivity contribution < 1.29 is 9.53 Å². The minimum atomic E-state index is -0.684. The van der Waals surface area contributed by atoms with Crippen LogP contribution in [0.4, 0.5) is 4.79 Å². The molecule has 0 aromatic heterocycles. The van der Waals surface area contributed by atoms with Crippen LogP contribution in [0.3, 0.4) is 0 Å². The van der Waals surface area contributed by atoms with E-state index in [-0.39, 0.29) is 0 Å². The van der Waals surface area contributed by atoms with E-state index in [0.29, 0.717) is 16.7 Å². The van der Waals surface area contributed by atoms with Gasteiger partial charge in [-0.3, -0.25) is 0 Å². The van der Waals surface area contributed by atoms with E-state index < -0.39 is 5.43 Å². The van der Waals surface area contributed by atoms with Crippen LogP contribution in [0.25, 0.3) is 0 Å². The van der Waals surface area contributed by atoms with Gasteiger partial charge in [0.05, 0.1) is 0 Å². The summed E-state index contributed by atoms with van der Waals surface area (Å²) in [6, 6.07) is 0. The van der Waals surface area contributed by atoms with Crippen molar-refractivity contribution in [2.45, 2.75) is 105 Å². The van der Waals surface area contributed by atoms with Gasteiger partial charge in [0.25, 0.3) is 0 Å². The largest absolute Gasteiger partial charge is 0.419 e. The van der Waals surface area contributed by atoms with Crippen LogP contribution in [0.2, 0.25) is 0 Å². The van der Waals surface area contributed by atoms with Crippen LogP contribution in [0, 0.1) is 52.3 Å². The number of halogens is 1. The lowest BCUT2D eigenvalue weighted by Gasteiger charge is -2.60. The topological polar surface area (TPSA) is 26.3 Å². The maximum atomic E-state index is 11.2. The summed E-state index contributed by atoms with van der Waals surface area (Å²) >= 11 is 5.49. The van der Waals surface area contributed by atoms with Crippen molar-refractivity contribution in [2.24, 2.45) is 52.3 Å². The molecule has 0 bridgehead atoms. The molecule has 3 fully saturated rings. The summed E-state index contributed by atoms with van der Waals surface area (Å²) in [7, 11) is 0. The van der Waals surface area contributed by atoms with Gasteiger partial charge in [0.2, 0.25) is 0 Å². The number of hydrogen-bond acceptors (Lipinski definition) is 2. The highest BCUT2D eigenvalue weighted by Crippen LogP contribution is 2.68. The van der Waals surface area contributed by atoms with E-state index in [2.05, 4.69) is 40.7 Å². The first-order valence-corrected chi connectivity index (χ1v) is 13.6. The molecule has 0 aliphatic heterocycles. The standard InChI is InChI=1S/C28H45ClO2/c1-18(2)7-6-8-19(3)23-11-12-24-22-10-9-20-17-21(31-26(29)30)13-15-27(20,4)25(22)14-16-28(23,24)5/h13,18-20,22-25H,6-12,14-17H2,1-5H3/t19-,20?,22?,23-,24?,25?,27+,28-/m1/s1. The number of fused-ring (bicyclic) bond motifs is 5. The van der Waals surface area contributed by atoms with Crippen molar-refractivity contribution in [3.05, 3.63) is 11.8 Å². The summed E-state index contributed by atoms with van der Waals surface area (Å²) in [6.45, 7) is 12.5. The fourth-order valence-electron chi connectivity index (χ4n) is 9.06. The van der Waals surface area contributed by atoms with Gasteiger partial charge in [-0.15, -0.1) is 0 Å². The molecule has 0 radical (unpaired) electrons. The van der Waals surface area contributed by atoms with Crippen molar-refractivity contribution in [3.8, 4) is 0 Å². The summed E-state index contributed by atoms with van der Waals surface area (Å²) in [5.41, 5.74) is 0.246. The van der Waals surface area contributed by atoms with Crippen molar-refractivity contribution in [3.63, 3.8) is 0 Å². The highest BCUT2D eigenvalue weighted by Gasteiger charge is 2.60. The Morgan fingerprint density at radius 1 is 1.06 bits per heavy atom. The molecule has 0 aromatic rings. The molecule has 4 unspecified atom stereocenters. The minimum Gasteiger partial charge on any atom is -0.419 e. The van der Waals surface area contributed by atoms with E-state index in [1.807, 2.05) is 0 Å². The summed E-state index contributed by atoms with van der Waals surface area (Å²) in [6.07, 6.45) is 16.8. The first kappa shape index (κ1) is 23.7. The first-order valence-electron chi connectivity index (χ1n) is 13.2. The molecule has 3 saturated carbocycles. The van der Waals surface area contributed by atoms with Crippen LogP contribution in [-0.2, 0) is 4.74 Å². The van der Waals surface area contributed by atoms with E-state index in [9.17, 15) is 4.79 Å². The van der Waals surface area contributed by atoms with E-state index in [4.69, 9.17) is 16.3 Å². The molecule has 176 valence electrons. The molecule has 0 aromatic carbocycles. The molecule has 3 heteroatoms. The molecule has 8 atom stereocenters. The zero-order chi connectivity index (χ0) is 22.4. The van der Waals surface area contributed by atoms with Crippen molar-refractivity contribution >= 4 is 17.0 Å². The molecule has 0 N–H and O–H groups in total. The fraction of sp³-hybridized carbons (Fsp3) is 0.893. The SMILES string of the molecule is CC(C)CCC[C@@H](C)[C@H]1CCC2C3CCC4CC(OC(=O)Cl)=CC[C@]4(C)C3CC[C@@]21C. The molecule has 31 heavy (non-hydrogen) atoms. The lowest BCUT2D eigenvalue weighted by Crippen LogP contribution is -2.52. The Balaban J connectivity index is 1.46. The van der Waals surface area contributed by atoms with E-state index >= 15 is 0 Å². The number of carbonyl (C=O) groups is 1. The number of hydrogen-bond donors (Lipinski definition) is 0. The van der Waals surface area contributed by atoms with Crippen molar-refractivity contribution in [2.75, 3.05) is 0 Å². The third kappa shape index (κ3) is 4.36. The monoisotopic (exact) mass is 448 g/mol. The molecular formula is C28H45ClO2. The minimum absolute atomic E-state index is 0.368. The molecule has 4 aliphatic carbocycles. The van der Waals surface area contributed by atoms with Gasteiger partial charge in [0, 0.05) is 18.0 Å². The number of rotatable bonds is 6. The Hall–Kier alpha value is -0.500. The number of carbonyl (C=O) groups excluding carboxylic acids is 1. The maximum absolute atomic E-state index is 11.2. The van der Waals surface area contributed by atoms with Crippen LogP contribution in [0.5, 0.6) is 0 Å². The normalized spacial score (nSPS) is 42.9. The molecular weight excluding hydrogens is 404 g/mol. The predicted molar refractivity (Wildman–Crippen MR) is 129 cm³/mol. The Morgan fingerprint density at radius 2 is 1.81 bits per heavy atom. The summed E-state index contributed by atoms with van der Waals surface area (Å²) in [5, 5.41) is 0. The van der Waals surface area contributed by atoms with Gasteiger partial charge in [-0.05, 0) is 103 Å². The zero-order valence-corrected chi connectivity index (χ0v) is 21.3. The molecule has 4 rings (SSSR count). The number of ether oxygens (including phenoxy) is 1. The zero-order valence-electron chi connectivity index (χ0n) is 20.6. The second kappa shape index (κ2) is 9.03. The average molecular weight is 449 g/mol. The summed E-state index contributed by atoms with van der Waals surface area (Å²) < 4.78 is 5.28. The predicted octanol–water partition coefficient (Wildman–Crippen LogP) is 8.98. The molecule has 4 aliphatic rings. The highest BCUT2D eigenvalue weighted by molar-refractivity contribution is 6.61. The third-order valence-electron chi connectivity index (χ3n) is 10.7. The number of allylic oxidation sites excluding steroid dienone is 2. The Kier molecular flexibility index (Phi) is 6.89. The molecule has 2 nitrogen and oxygen atoms in total. The van der Waals surface area contributed by atoms with Crippen LogP contribution in [-0.4, -0.2) is 5.43 Å². The fourth-order valence-corrected chi connectivity index (χ4v) is 9.16. The van der Waals surface area contributed by atoms with Gasteiger partial charge >= 0.3 is 5.43 Å². The van der Waals surface area contributed by atoms with Crippen LogP contribution < -0.4 is 0 Å². The molecule has 0 amide bonds. The quantitative estimate of drug-likeness (QED) is 0.379. The summed E-state index contributed by atoms with van der Waals surface area (Å²) in [4.78, 5) is 11.2. The lowest BCUT2D eigenvalue weighted by molar-refractivity contribution is -0.104. The van der Waals surface area contributed by atoms with Gasteiger partial charge in [-0.25, -0.2) is 4.79 Å². The van der Waals surface area contributed by atoms with Crippen LogP contribution in [0.1, 0.15) is 105 Å². The third-order valence-corrected chi connectivity index (χ3v) is 10.8. The molecule has 0 spiro atoms. The Morgan fingerprint density at radius 3 is 2.52 bits per heavy atom. The summed E-state index contributed by atoms with van der Waals surface area (Å²) in [5.74, 6) is 6.76. The van der Waals surface area contributed by atoms with Gasteiger partial charge in [-0.1, -0.05) is 53.9 Å². The molecule has 0 heterocycles. The van der Waals surface area contributed by atoms with Crippen LogP contribution >= 0.6 is 11.6 Å². The van der Waals surface area contributed by atoms with E-state index in [1.54, 1.807) is 0 Å². The maximum Gasteiger partial charge on any atom is 0.408 e. The smallest absolute Gasteiger partial charge is 0.408 e. The van der Waals surface area contributed by atoms with Crippen LogP contribution in [0.15, 0.2) is 11.8 Å². The van der Waals surface area contributed by atoms with Gasteiger partial charge in [0.15, 0.2) is 0 Å². The van der Waals surface area contributed by atoms with E-state index in [0.717, 1.165) is 54.1 Å². The second-order valence-corrected chi connectivity index (χ2v) is 12.9. The van der Waals surface area contributed by atoms with E-state index in [1.165, 1.54) is 57.8 Å². The second-order valence-electron chi connectivity index (χ2n) is 12.6. The van der Waals surface area contributed by atoms with Crippen molar-refractivity contribution in [1.29, 1.82) is 0 Å². The van der Waals surface area contributed by atoms with Gasteiger partial charge in [0.1, 0.15) is 5.76 Å². The lowest BCUT2D eigenvalue weighted by atomic mass is 9.45. The Bertz CT molecular complexity index is 699. The van der Waals surface area contributed by atoms with Gasteiger partial charge < -0.3 is 4.74 Å². The van der Waals surface area contributed by atoms with Crippen molar-refractivity contribution in [1.82, 2.24) is 0 Å². The molecule has 0 saturated heterocycles. The first-order chi connectivity index (χ1) is 14.6. The highest BCUT2D eigenvalue weighted by atomic mass is 35.5.